The summed E-state index contributed by atoms with van der Waals surface area (Å²) in [5.41, 5.74) is 4.30. The van der Waals surface area contributed by atoms with Crippen LogP contribution in [0, 0.1) is 0 Å². The van der Waals surface area contributed by atoms with Crippen LogP contribution in [0.15, 0.2) is 18.2 Å². The van der Waals surface area contributed by atoms with Gasteiger partial charge in [-0.15, -0.1) is 0 Å². The highest BCUT2D eigenvalue weighted by Crippen LogP contribution is 2.26. The third-order valence-electron chi connectivity index (χ3n) is 5.74. The van der Waals surface area contributed by atoms with Gasteiger partial charge in [0.1, 0.15) is 0 Å². The Labute approximate surface area is 145 Å². The number of sulfone groups is 1. The standard InChI is InChI=1S/C19H27NO3S/c21-24(22)10-8-18(14-24)20(13-19-5-2-9-23-19)12-15-6-7-16-3-1-4-17(16)11-15/h6-7,11,18-19H,1-5,8-10,12-14H2. The lowest BCUT2D eigenvalue weighted by atomic mass is 10.0. The van der Waals surface area contributed by atoms with Crippen molar-refractivity contribution in [3.05, 3.63) is 34.9 Å². The van der Waals surface area contributed by atoms with Crippen molar-refractivity contribution in [3.63, 3.8) is 0 Å². The van der Waals surface area contributed by atoms with Crippen molar-refractivity contribution in [3.8, 4) is 0 Å². The van der Waals surface area contributed by atoms with Crippen LogP contribution in [0.4, 0.5) is 0 Å². The number of benzene rings is 1. The van der Waals surface area contributed by atoms with Crippen molar-refractivity contribution < 1.29 is 13.2 Å². The largest absolute Gasteiger partial charge is 0.377 e. The predicted octanol–water partition coefficient (Wildman–Crippen LogP) is 2.34. The van der Waals surface area contributed by atoms with E-state index >= 15 is 0 Å². The van der Waals surface area contributed by atoms with Gasteiger partial charge in [0, 0.05) is 25.7 Å². The molecule has 4 rings (SSSR count). The summed E-state index contributed by atoms with van der Waals surface area (Å²) in [4.78, 5) is 2.37. The van der Waals surface area contributed by atoms with Crippen molar-refractivity contribution >= 4 is 9.84 Å². The summed E-state index contributed by atoms with van der Waals surface area (Å²) in [6, 6.07) is 6.99. The molecule has 4 nitrogen and oxygen atoms in total. The molecule has 2 saturated heterocycles. The summed E-state index contributed by atoms with van der Waals surface area (Å²) < 4.78 is 29.7. The van der Waals surface area contributed by atoms with Crippen molar-refractivity contribution in [1.29, 1.82) is 0 Å². The van der Waals surface area contributed by atoms with E-state index < -0.39 is 9.84 Å². The van der Waals surface area contributed by atoms with Crippen molar-refractivity contribution in [2.45, 2.75) is 57.2 Å². The maximum atomic E-state index is 11.9. The predicted molar refractivity (Wildman–Crippen MR) is 94.9 cm³/mol. The van der Waals surface area contributed by atoms with E-state index in [4.69, 9.17) is 4.74 Å². The van der Waals surface area contributed by atoms with E-state index in [1.54, 1.807) is 0 Å². The van der Waals surface area contributed by atoms with E-state index in [0.29, 0.717) is 11.5 Å². The first-order valence-corrected chi connectivity index (χ1v) is 11.1. The zero-order valence-corrected chi connectivity index (χ0v) is 15.1. The Hall–Kier alpha value is -0.910. The zero-order chi connectivity index (χ0) is 16.6. The van der Waals surface area contributed by atoms with Gasteiger partial charge in [-0.2, -0.15) is 0 Å². The molecule has 0 N–H and O–H groups in total. The highest BCUT2D eigenvalue weighted by atomic mass is 32.2. The fourth-order valence-corrected chi connectivity index (χ4v) is 6.18. The fourth-order valence-electron chi connectivity index (χ4n) is 4.41. The highest BCUT2D eigenvalue weighted by molar-refractivity contribution is 7.91. The summed E-state index contributed by atoms with van der Waals surface area (Å²) in [6.07, 6.45) is 6.91. The number of fused-ring (bicyclic) bond motifs is 1. The van der Waals surface area contributed by atoms with E-state index in [1.165, 1.54) is 36.0 Å². The maximum absolute atomic E-state index is 11.9. The van der Waals surface area contributed by atoms with Gasteiger partial charge in [-0.3, -0.25) is 4.90 Å². The molecule has 2 fully saturated rings. The number of hydrogen-bond acceptors (Lipinski definition) is 4. The van der Waals surface area contributed by atoms with Gasteiger partial charge >= 0.3 is 0 Å². The third kappa shape index (κ3) is 3.68. The minimum atomic E-state index is -2.86. The van der Waals surface area contributed by atoms with Gasteiger partial charge in [0.15, 0.2) is 9.84 Å². The van der Waals surface area contributed by atoms with Crippen LogP contribution in [-0.4, -0.2) is 50.1 Å². The van der Waals surface area contributed by atoms with Gasteiger partial charge in [-0.05, 0) is 55.2 Å². The molecule has 3 aliphatic rings. The first-order valence-electron chi connectivity index (χ1n) is 9.26. The normalized spacial score (nSPS) is 28.5. The minimum Gasteiger partial charge on any atom is -0.377 e. The second kappa shape index (κ2) is 6.77. The van der Waals surface area contributed by atoms with Gasteiger partial charge in [0.05, 0.1) is 17.6 Å². The Kier molecular flexibility index (Phi) is 4.67. The molecule has 5 heteroatoms. The summed E-state index contributed by atoms with van der Waals surface area (Å²) in [6.45, 7) is 2.55. The molecule has 2 atom stereocenters. The summed E-state index contributed by atoms with van der Waals surface area (Å²) in [5, 5.41) is 0. The minimum absolute atomic E-state index is 0.146. The first-order chi connectivity index (χ1) is 11.6. The molecule has 0 aromatic heterocycles. The number of rotatable bonds is 5. The van der Waals surface area contributed by atoms with Gasteiger partial charge in [0.25, 0.3) is 0 Å². The van der Waals surface area contributed by atoms with Crippen molar-refractivity contribution in [2.24, 2.45) is 0 Å². The monoisotopic (exact) mass is 349 g/mol. The Morgan fingerprint density at radius 2 is 2.00 bits per heavy atom. The Bertz CT molecular complexity index is 695. The summed E-state index contributed by atoms with van der Waals surface area (Å²) in [7, 11) is -2.86. The van der Waals surface area contributed by atoms with Crippen LogP contribution in [0.25, 0.3) is 0 Å². The lowest BCUT2D eigenvalue weighted by molar-refractivity contribution is 0.0574. The Balaban J connectivity index is 1.51. The van der Waals surface area contributed by atoms with E-state index in [0.717, 1.165) is 39.0 Å². The molecule has 132 valence electrons. The first kappa shape index (κ1) is 16.6. The van der Waals surface area contributed by atoms with Crippen molar-refractivity contribution in [2.75, 3.05) is 24.7 Å². The van der Waals surface area contributed by atoms with Gasteiger partial charge < -0.3 is 4.74 Å². The van der Waals surface area contributed by atoms with E-state index in [-0.39, 0.29) is 12.1 Å². The molecule has 2 aliphatic heterocycles. The zero-order valence-electron chi connectivity index (χ0n) is 14.2. The number of ether oxygens (including phenoxy) is 1. The quantitative estimate of drug-likeness (QED) is 0.819. The van der Waals surface area contributed by atoms with E-state index in [2.05, 4.69) is 23.1 Å². The van der Waals surface area contributed by atoms with E-state index in [1.807, 2.05) is 0 Å². The topological polar surface area (TPSA) is 46.6 Å². The smallest absolute Gasteiger partial charge is 0.151 e. The number of hydrogen-bond donors (Lipinski definition) is 0. The molecule has 1 aliphatic carbocycles. The highest BCUT2D eigenvalue weighted by Gasteiger charge is 2.34. The van der Waals surface area contributed by atoms with Crippen LogP contribution in [0.2, 0.25) is 0 Å². The molecule has 2 unspecified atom stereocenters. The fraction of sp³-hybridized carbons (Fsp3) is 0.684. The summed E-state index contributed by atoms with van der Waals surface area (Å²) >= 11 is 0. The van der Waals surface area contributed by atoms with Crippen LogP contribution in [0.5, 0.6) is 0 Å². The van der Waals surface area contributed by atoms with Crippen LogP contribution >= 0.6 is 0 Å². The van der Waals surface area contributed by atoms with Crippen LogP contribution in [0.1, 0.15) is 42.4 Å². The number of nitrogens with zero attached hydrogens (tertiary/aromatic N) is 1. The lowest BCUT2D eigenvalue weighted by Gasteiger charge is -2.30. The van der Waals surface area contributed by atoms with Gasteiger partial charge in [-0.1, -0.05) is 18.2 Å². The van der Waals surface area contributed by atoms with E-state index in [9.17, 15) is 8.42 Å². The molecular formula is C19H27NO3S. The summed E-state index contributed by atoms with van der Waals surface area (Å²) in [5.74, 6) is 0.647. The molecule has 2 heterocycles. The Morgan fingerprint density at radius 1 is 1.12 bits per heavy atom. The SMILES string of the molecule is O=S1(=O)CCC(N(Cc2ccc3c(c2)CCC3)CC2CCCO2)C1. The average molecular weight is 349 g/mol. The van der Waals surface area contributed by atoms with Crippen LogP contribution < -0.4 is 0 Å². The van der Waals surface area contributed by atoms with Crippen LogP contribution in [-0.2, 0) is 34.0 Å². The number of aryl methyl sites for hydroxylation is 2. The van der Waals surface area contributed by atoms with Crippen molar-refractivity contribution in [1.82, 2.24) is 4.90 Å². The second-order valence-corrected chi connectivity index (χ2v) is 9.81. The lowest BCUT2D eigenvalue weighted by Crippen LogP contribution is -2.40. The molecule has 0 radical (unpaired) electrons. The molecule has 1 aromatic carbocycles. The third-order valence-corrected chi connectivity index (χ3v) is 7.49. The average Bonchev–Trinajstić information content (AvgIpc) is 3.26. The molecule has 1 aromatic rings. The molecule has 24 heavy (non-hydrogen) atoms. The molecule has 0 spiro atoms. The molecular weight excluding hydrogens is 322 g/mol. The molecule has 0 bridgehead atoms. The van der Waals surface area contributed by atoms with Gasteiger partial charge in [-0.25, -0.2) is 8.42 Å². The molecule has 0 saturated carbocycles. The Morgan fingerprint density at radius 3 is 2.75 bits per heavy atom. The molecule has 0 amide bonds. The maximum Gasteiger partial charge on any atom is 0.151 e. The van der Waals surface area contributed by atoms with Crippen LogP contribution in [0.3, 0.4) is 0 Å². The second-order valence-electron chi connectivity index (χ2n) is 7.58. The van der Waals surface area contributed by atoms with Gasteiger partial charge in [0.2, 0.25) is 0 Å².